The number of rotatable bonds is 6. The molecule has 2 atom stereocenters. The van der Waals surface area contributed by atoms with Crippen molar-refractivity contribution >= 4 is 5.91 Å². The molecule has 0 spiro atoms. The van der Waals surface area contributed by atoms with Gasteiger partial charge in [0.05, 0.1) is 12.5 Å². The number of halogens is 2. The fourth-order valence-electron chi connectivity index (χ4n) is 1.77. The van der Waals surface area contributed by atoms with E-state index in [1.165, 1.54) is 0 Å². The van der Waals surface area contributed by atoms with Crippen LogP contribution >= 0.6 is 0 Å². The maximum atomic E-state index is 11.7. The maximum absolute atomic E-state index is 11.7. The van der Waals surface area contributed by atoms with E-state index < -0.39 is 13.0 Å². The zero-order chi connectivity index (χ0) is 12.0. The Morgan fingerprint density at radius 2 is 2.38 bits per heavy atom. The van der Waals surface area contributed by atoms with Gasteiger partial charge in [0.25, 0.3) is 6.43 Å². The highest BCUT2D eigenvalue weighted by atomic mass is 19.3. The molecule has 1 aliphatic heterocycles. The second-order valence-corrected chi connectivity index (χ2v) is 3.89. The minimum Gasteiger partial charge on any atom is -0.374 e. The monoisotopic (exact) mass is 236 g/mol. The summed E-state index contributed by atoms with van der Waals surface area (Å²) in [5.74, 6) is -0.0479. The molecular weight excluding hydrogens is 218 g/mol. The van der Waals surface area contributed by atoms with E-state index in [4.69, 9.17) is 0 Å². The molecule has 1 fully saturated rings. The molecule has 6 heteroatoms. The van der Waals surface area contributed by atoms with Gasteiger partial charge < -0.3 is 15.4 Å². The molecule has 0 bridgehead atoms. The van der Waals surface area contributed by atoms with Crippen molar-refractivity contribution in [2.75, 3.05) is 26.3 Å². The van der Waals surface area contributed by atoms with Crippen LogP contribution in [0.1, 0.15) is 13.3 Å². The van der Waals surface area contributed by atoms with Gasteiger partial charge in [-0.25, -0.2) is 8.78 Å². The van der Waals surface area contributed by atoms with E-state index in [-0.39, 0.29) is 31.0 Å². The molecule has 0 aromatic heterocycles. The highest BCUT2D eigenvalue weighted by molar-refractivity contribution is 5.79. The Morgan fingerprint density at radius 3 is 2.94 bits per heavy atom. The summed E-state index contributed by atoms with van der Waals surface area (Å²) in [7, 11) is 0. The molecule has 0 aromatic carbocycles. The Labute approximate surface area is 93.7 Å². The van der Waals surface area contributed by atoms with Crippen LogP contribution in [0.3, 0.4) is 0 Å². The highest BCUT2D eigenvalue weighted by Gasteiger charge is 2.28. The Hall–Kier alpha value is -0.750. The molecule has 1 saturated heterocycles. The molecule has 0 aliphatic carbocycles. The second-order valence-electron chi connectivity index (χ2n) is 3.89. The fourth-order valence-corrected chi connectivity index (χ4v) is 1.77. The van der Waals surface area contributed by atoms with Crippen molar-refractivity contribution in [3.8, 4) is 0 Å². The van der Waals surface area contributed by atoms with Gasteiger partial charge in [-0.1, -0.05) is 0 Å². The highest BCUT2D eigenvalue weighted by Crippen LogP contribution is 2.14. The summed E-state index contributed by atoms with van der Waals surface area (Å²) >= 11 is 0. The van der Waals surface area contributed by atoms with E-state index in [9.17, 15) is 13.6 Å². The molecule has 4 nitrogen and oxygen atoms in total. The lowest BCUT2D eigenvalue weighted by atomic mass is 10.0. The summed E-state index contributed by atoms with van der Waals surface area (Å²) in [4.78, 5) is 11.6. The largest absolute Gasteiger partial charge is 0.374 e. The van der Waals surface area contributed by atoms with Crippen molar-refractivity contribution in [3.05, 3.63) is 0 Å². The van der Waals surface area contributed by atoms with Crippen molar-refractivity contribution in [2.24, 2.45) is 5.92 Å². The van der Waals surface area contributed by atoms with Crippen molar-refractivity contribution in [1.82, 2.24) is 10.6 Å². The fraction of sp³-hybridized carbons (Fsp3) is 0.900. The number of amides is 1. The van der Waals surface area contributed by atoms with Gasteiger partial charge in [-0.2, -0.15) is 0 Å². The summed E-state index contributed by atoms with van der Waals surface area (Å²) < 4.78 is 28.0. The number of carbonyl (C=O) groups excluding carboxylic acids is 1. The van der Waals surface area contributed by atoms with Crippen LogP contribution in [0, 0.1) is 5.92 Å². The van der Waals surface area contributed by atoms with Crippen molar-refractivity contribution in [1.29, 1.82) is 0 Å². The van der Waals surface area contributed by atoms with Crippen LogP contribution in [0.25, 0.3) is 0 Å². The van der Waals surface area contributed by atoms with Gasteiger partial charge in [0.2, 0.25) is 5.91 Å². The molecule has 2 unspecified atom stereocenters. The first-order valence-electron chi connectivity index (χ1n) is 5.48. The third-order valence-corrected chi connectivity index (χ3v) is 2.65. The SMILES string of the molecule is CC1NCCC1C(=O)NCCOCC(F)F. The first-order valence-corrected chi connectivity index (χ1v) is 5.48. The number of hydrogen-bond acceptors (Lipinski definition) is 3. The van der Waals surface area contributed by atoms with E-state index in [2.05, 4.69) is 15.4 Å². The lowest BCUT2D eigenvalue weighted by Gasteiger charge is -2.14. The molecule has 1 aliphatic rings. The van der Waals surface area contributed by atoms with Crippen LogP contribution in [-0.2, 0) is 9.53 Å². The summed E-state index contributed by atoms with van der Waals surface area (Å²) in [5.41, 5.74) is 0. The Kier molecular flexibility index (Phi) is 5.62. The smallest absolute Gasteiger partial charge is 0.261 e. The molecule has 1 rings (SSSR count). The number of hydrogen-bond donors (Lipinski definition) is 2. The molecule has 2 N–H and O–H groups in total. The summed E-state index contributed by atoms with van der Waals surface area (Å²) in [6.45, 7) is 2.66. The number of nitrogens with one attached hydrogen (secondary N) is 2. The molecule has 0 radical (unpaired) electrons. The van der Waals surface area contributed by atoms with Gasteiger partial charge in [-0.3, -0.25) is 4.79 Å². The lowest BCUT2D eigenvalue weighted by Crippen LogP contribution is -2.38. The van der Waals surface area contributed by atoms with E-state index in [0.29, 0.717) is 0 Å². The van der Waals surface area contributed by atoms with Crippen molar-refractivity contribution in [2.45, 2.75) is 25.8 Å². The minimum absolute atomic E-state index is 0.0184. The third-order valence-electron chi connectivity index (χ3n) is 2.65. The Bertz CT molecular complexity index is 227. The molecule has 1 heterocycles. The molecule has 94 valence electrons. The maximum Gasteiger partial charge on any atom is 0.261 e. The van der Waals surface area contributed by atoms with Gasteiger partial charge >= 0.3 is 0 Å². The molecular formula is C10H18F2N2O2. The molecule has 0 saturated carbocycles. The minimum atomic E-state index is -2.45. The van der Waals surface area contributed by atoms with E-state index >= 15 is 0 Å². The lowest BCUT2D eigenvalue weighted by molar-refractivity contribution is -0.125. The van der Waals surface area contributed by atoms with Crippen molar-refractivity contribution in [3.63, 3.8) is 0 Å². The summed E-state index contributed by atoms with van der Waals surface area (Å²) in [6.07, 6.45) is -1.63. The quantitative estimate of drug-likeness (QED) is 0.656. The second kappa shape index (κ2) is 6.75. The first kappa shape index (κ1) is 13.3. The first-order chi connectivity index (χ1) is 7.61. The zero-order valence-electron chi connectivity index (χ0n) is 9.34. The Morgan fingerprint density at radius 1 is 1.62 bits per heavy atom. The van der Waals surface area contributed by atoms with Crippen LogP contribution in [0.4, 0.5) is 8.78 Å². The van der Waals surface area contributed by atoms with Crippen LogP contribution in [0.2, 0.25) is 0 Å². The number of ether oxygens (including phenoxy) is 1. The van der Waals surface area contributed by atoms with Crippen LogP contribution in [-0.4, -0.2) is 44.7 Å². The van der Waals surface area contributed by atoms with E-state index in [1.807, 2.05) is 6.92 Å². The van der Waals surface area contributed by atoms with Crippen molar-refractivity contribution < 1.29 is 18.3 Å². The van der Waals surface area contributed by atoms with Gasteiger partial charge in [0.1, 0.15) is 6.61 Å². The standard InChI is InChI=1S/C10H18F2N2O2/c1-7-8(2-3-13-7)10(15)14-4-5-16-6-9(11)12/h7-9,13H,2-6H2,1H3,(H,14,15). The van der Waals surface area contributed by atoms with Gasteiger partial charge in [0.15, 0.2) is 0 Å². The summed E-state index contributed by atoms with van der Waals surface area (Å²) in [5, 5.41) is 5.86. The normalized spacial score (nSPS) is 25.0. The zero-order valence-corrected chi connectivity index (χ0v) is 9.34. The van der Waals surface area contributed by atoms with E-state index in [0.717, 1.165) is 13.0 Å². The predicted molar refractivity (Wildman–Crippen MR) is 55.4 cm³/mol. The third kappa shape index (κ3) is 4.40. The van der Waals surface area contributed by atoms with Crippen LogP contribution in [0.15, 0.2) is 0 Å². The predicted octanol–water partition coefficient (Wildman–Crippen LogP) is 0.382. The van der Waals surface area contributed by atoms with Crippen LogP contribution in [0.5, 0.6) is 0 Å². The van der Waals surface area contributed by atoms with E-state index in [1.54, 1.807) is 0 Å². The molecule has 16 heavy (non-hydrogen) atoms. The molecule has 1 amide bonds. The topological polar surface area (TPSA) is 50.4 Å². The summed E-state index contributed by atoms with van der Waals surface area (Å²) in [6, 6.07) is 0.182. The molecule has 0 aromatic rings. The van der Waals surface area contributed by atoms with Gasteiger partial charge in [0, 0.05) is 12.6 Å². The number of carbonyl (C=O) groups is 1. The van der Waals surface area contributed by atoms with Gasteiger partial charge in [-0.05, 0) is 19.9 Å². The average molecular weight is 236 g/mol. The van der Waals surface area contributed by atoms with Gasteiger partial charge in [-0.15, -0.1) is 0 Å². The average Bonchev–Trinajstić information content (AvgIpc) is 2.63. The Balaban J connectivity index is 2.06. The van der Waals surface area contributed by atoms with Crippen LogP contribution < -0.4 is 10.6 Å². The number of alkyl halides is 2.